The third kappa shape index (κ3) is 4.20. The molecular weight excluding hydrogens is 192 g/mol. The zero-order chi connectivity index (χ0) is 10.4. The summed E-state index contributed by atoms with van der Waals surface area (Å²) in [5, 5.41) is 3.55. The SMILES string of the molecule is CSCC(C)N(C)CCC1CCCN1. The number of rotatable bonds is 6. The maximum absolute atomic E-state index is 3.55. The zero-order valence-electron chi connectivity index (χ0n) is 9.75. The van der Waals surface area contributed by atoms with Crippen LogP contribution in [0.2, 0.25) is 0 Å². The van der Waals surface area contributed by atoms with Gasteiger partial charge in [-0.25, -0.2) is 0 Å². The molecule has 1 aliphatic rings. The minimum absolute atomic E-state index is 0.714. The lowest BCUT2D eigenvalue weighted by Crippen LogP contribution is -2.35. The van der Waals surface area contributed by atoms with E-state index in [4.69, 9.17) is 0 Å². The molecule has 0 amide bonds. The lowest BCUT2D eigenvalue weighted by atomic mass is 10.1. The molecule has 1 rings (SSSR count). The van der Waals surface area contributed by atoms with Crippen LogP contribution < -0.4 is 5.32 Å². The molecule has 2 unspecified atom stereocenters. The van der Waals surface area contributed by atoms with Crippen molar-refractivity contribution in [2.45, 2.75) is 38.3 Å². The average Bonchev–Trinajstić information content (AvgIpc) is 2.67. The van der Waals surface area contributed by atoms with Gasteiger partial charge in [-0.3, -0.25) is 0 Å². The van der Waals surface area contributed by atoms with Crippen molar-refractivity contribution in [1.29, 1.82) is 0 Å². The molecule has 1 aliphatic heterocycles. The van der Waals surface area contributed by atoms with E-state index in [2.05, 4.69) is 30.4 Å². The van der Waals surface area contributed by atoms with Crippen LogP contribution in [0.25, 0.3) is 0 Å². The van der Waals surface area contributed by atoms with E-state index >= 15 is 0 Å². The molecule has 0 aromatic rings. The summed E-state index contributed by atoms with van der Waals surface area (Å²) < 4.78 is 0. The first-order valence-corrected chi connectivity index (χ1v) is 7.06. The predicted molar refractivity (Wildman–Crippen MR) is 66.1 cm³/mol. The van der Waals surface area contributed by atoms with Gasteiger partial charge in [0.15, 0.2) is 0 Å². The summed E-state index contributed by atoms with van der Waals surface area (Å²) in [6, 6.07) is 1.50. The monoisotopic (exact) mass is 216 g/mol. The lowest BCUT2D eigenvalue weighted by molar-refractivity contribution is 0.263. The summed E-state index contributed by atoms with van der Waals surface area (Å²) in [4.78, 5) is 2.48. The normalized spacial score (nSPS) is 24.4. The van der Waals surface area contributed by atoms with E-state index in [9.17, 15) is 0 Å². The Labute approximate surface area is 92.8 Å². The van der Waals surface area contributed by atoms with Crippen LogP contribution >= 0.6 is 11.8 Å². The fourth-order valence-electron chi connectivity index (χ4n) is 1.95. The van der Waals surface area contributed by atoms with Gasteiger partial charge in [0.2, 0.25) is 0 Å². The van der Waals surface area contributed by atoms with Gasteiger partial charge in [0.1, 0.15) is 0 Å². The van der Waals surface area contributed by atoms with Gasteiger partial charge in [0.25, 0.3) is 0 Å². The molecule has 0 spiro atoms. The molecule has 2 nitrogen and oxygen atoms in total. The number of hydrogen-bond donors (Lipinski definition) is 1. The molecule has 0 aromatic carbocycles. The van der Waals surface area contributed by atoms with E-state index in [0.717, 1.165) is 6.04 Å². The Hall–Kier alpha value is 0.270. The minimum atomic E-state index is 0.714. The molecule has 1 fully saturated rings. The highest BCUT2D eigenvalue weighted by Gasteiger charge is 2.15. The van der Waals surface area contributed by atoms with Gasteiger partial charge < -0.3 is 10.2 Å². The molecular formula is C11H24N2S. The molecule has 0 bridgehead atoms. The van der Waals surface area contributed by atoms with Gasteiger partial charge in [-0.1, -0.05) is 0 Å². The number of hydrogen-bond acceptors (Lipinski definition) is 3. The fraction of sp³-hybridized carbons (Fsp3) is 1.00. The molecule has 1 saturated heterocycles. The molecule has 0 saturated carbocycles. The molecule has 0 radical (unpaired) electrons. The van der Waals surface area contributed by atoms with Crippen LogP contribution in [0.15, 0.2) is 0 Å². The number of thioether (sulfide) groups is 1. The van der Waals surface area contributed by atoms with E-state index in [-0.39, 0.29) is 0 Å². The highest BCUT2D eigenvalue weighted by Crippen LogP contribution is 2.11. The van der Waals surface area contributed by atoms with E-state index in [1.807, 2.05) is 11.8 Å². The van der Waals surface area contributed by atoms with Gasteiger partial charge in [0, 0.05) is 17.8 Å². The highest BCUT2D eigenvalue weighted by atomic mass is 32.2. The van der Waals surface area contributed by atoms with E-state index in [0.29, 0.717) is 6.04 Å². The minimum Gasteiger partial charge on any atom is -0.314 e. The van der Waals surface area contributed by atoms with Crippen LogP contribution in [0.4, 0.5) is 0 Å². The van der Waals surface area contributed by atoms with Crippen molar-refractivity contribution in [2.75, 3.05) is 32.1 Å². The largest absolute Gasteiger partial charge is 0.314 e. The van der Waals surface area contributed by atoms with Crippen LogP contribution in [-0.2, 0) is 0 Å². The summed E-state index contributed by atoms with van der Waals surface area (Å²) >= 11 is 1.94. The van der Waals surface area contributed by atoms with Crippen molar-refractivity contribution in [2.24, 2.45) is 0 Å². The molecule has 0 aromatic heterocycles. The van der Waals surface area contributed by atoms with Crippen LogP contribution in [0.1, 0.15) is 26.2 Å². The van der Waals surface area contributed by atoms with Crippen molar-refractivity contribution in [3.63, 3.8) is 0 Å². The number of nitrogens with one attached hydrogen (secondary N) is 1. The van der Waals surface area contributed by atoms with Gasteiger partial charge in [-0.2, -0.15) is 11.8 Å². The Kier molecular flexibility index (Phi) is 5.90. The highest BCUT2D eigenvalue weighted by molar-refractivity contribution is 7.98. The van der Waals surface area contributed by atoms with Crippen LogP contribution in [0.3, 0.4) is 0 Å². The first-order chi connectivity index (χ1) is 6.74. The summed E-state index contributed by atoms with van der Waals surface area (Å²) in [7, 11) is 2.25. The third-order valence-electron chi connectivity index (χ3n) is 3.15. The van der Waals surface area contributed by atoms with Crippen molar-refractivity contribution in [3.8, 4) is 0 Å². The van der Waals surface area contributed by atoms with Crippen molar-refractivity contribution >= 4 is 11.8 Å². The second-order valence-corrected chi connectivity index (χ2v) is 5.28. The fourth-order valence-corrected chi connectivity index (χ4v) is 2.69. The molecule has 0 aliphatic carbocycles. The summed E-state index contributed by atoms with van der Waals surface area (Å²) in [6.45, 7) is 4.78. The molecule has 1 N–H and O–H groups in total. The van der Waals surface area contributed by atoms with E-state index < -0.39 is 0 Å². The Morgan fingerprint density at radius 2 is 2.36 bits per heavy atom. The molecule has 14 heavy (non-hydrogen) atoms. The Morgan fingerprint density at radius 3 is 2.93 bits per heavy atom. The Bertz CT molecular complexity index is 146. The van der Waals surface area contributed by atoms with Crippen LogP contribution in [0.5, 0.6) is 0 Å². The predicted octanol–water partition coefficient (Wildman–Crippen LogP) is 1.81. The van der Waals surface area contributed by atoms with Crippen molar-refractivity contribution < 1.29 is 0 Å². The van der Waals surface area contributed by atoms with Gasteiger partial charge >= 0.3 is 0 Å². The first-order valence-electron chi connectivity index (χ1n) is 5.66. The Balaban J connectivity index is 2.09. The molecule has 84 valence electrons. The van der Waals surface area contributed by atoms with E-state index in [1.54, 1.807) is 0 Å². The Morgan fingerprint density at radius 1 is 1.57 bits per heavy atom. The summed E-state index contributed by atoms with van der Waals surface area (Å²) in [6.07, 6.45) is 6.25. The summed E-state index contributed by atoms with van der Waals surface area (Å²) in [5.74, 6) is 1.24. The second-order valence-electron chi connectivity index (χ2n) is 4.37. The van der Waals surface area contributed by atoms with Crippen LogP contribution in [-0.4, -0.2) is 49.1 Å². The van der Waals surface area contributed by atoms with E-state index in [1.165, 1.54) is 38.1 Å². The van der Waals surface area contributed by atoms with Crippen molar-refractivity contribution in [1.82, 2.24) is 10.2 Å². The standard InChI is InChI=1S/C11H24N2S/c1-10(9-14-3)13(2)8-6-11-5-4-7-12-11/h10-12H,4-9H2,1-3H3. The van der Waals surface area contributed by atoms with Crippen molar-refractivity contribution in [3.05, 3.63) is 0 Å². The zero-order valence-corrected chi connectivity index (χ0v) is 10.6. The third-order valence-corrected chi connectivity index (χ3v) is 3.97. The maximum atomic E-state index is 3.55. The topological polar surface area (TPSA) is 15.3 Å². The van der Waals surface area contributed by atoms with Gasteiger partial charge in [-0.15, -0.1) is 0 Å². The summed E-state index contributed by atoms with van der Waals surface area (Å²) in [5.41, 5.74) is 0. The van der Waals surface area contributed by atoms with Gasteiger partial charge in [-0.05, 0) is 52.6 Å². The molecule has 2 atom stereocenters. The quantitative estimate of drug-likeness (QED) is 0.729. The van der Waals surface area contributed by atoms with Gasteiger partial charge in [0.05, 0.1) is 0 Å². The molecule has 1 heterocycles. The lowest BCUT2D eigenvalue weighted by Gasteiger charge is -2.25. The number of nitrogens with zero attached hydrogens (tertiary/aromatic N) is 1. The maximum Gasteiger partial charge on any atom is 0.0154 e. The average molecular weight is 216 g/mol. The first kappa shape index (κ1) is 12.3. The van der Waals surface area contributed by atoms with Crippen LogP contribution in [0, 0.1) is 0 Å². The molecule has 3 heteroatoms. The second kappa shape index (κ2) is 6.70. The smallest absolute Gasteiger partial charge is 0.0154 e.